The minimum atomic E-state index is 0.550. The smallest absolute Gasteiger partial charge is 0.134 e. The van der Waals surface area contributed by atoms with E-state index in [1.54, 1.807) is 11.3 Å². The first-order valence-electron chi connectivity index (χ1n) is 6.52. The summed E-state index contributed by atoms with van der Waals surface area (Å²) in [4.78, 5) is 3.60. The average molecular weight is 270 g/mol. The zero-order valence-electron chi connectivity index (χ0n) is 10.9. The summed E-state index contributed by atoms with van der Waals surface area (Å²) in [5.74, 6) is 0.955. The molecule has 1 unspecified atom stereocenters. The van der Waals surface area contributed by atoms with Crippen LogP contribution >= 0.6 is 11.3 Å². The highest BCUT2D eigenvalue weighted by atomic mass is 32.1. The average Bonchev–Trinajstić information content (AvgIpc) is 2.87. The molecule has 1 aliphatic heterocycles. The molecule has 2 heterocycles. The summed E-state index contributed by atoms with van der Waals surface area (Å²) < 4.78 is 11.2. The molecular formula is C13H22N2O2S. The lowest BCUT2D eigenvalue weighted by Crippen LogP contribution is -2.42. The molecule has 0 aromatic carbocycles. The Morgan fingerprint density at radius 1 is 1.50 bits per heavy atom. The molecule has 4 nitrogen and oxygen atoms in total. The second-order valence-corrected chi connectivity index (χ2v) is 5.55. The number of nitrogens with zero attached hydrogens (tertiary/aromatic N) is 1. The molecule has 5 heteroatoms. The number of nitrogens with two attached hydrogens (primary N) is 1. The summed E-state index contributed by atoms with van der Waals surface area (Å²) in [5.41, 5.74) is 5.65. The predicted molar refractivity (Wildman–Crippen MR) is 74.2 cm³/mol. The van der Waals surface area contributed by atoms with Gasteiger partial charge >= 0.3 is 0 Å². The molecule has 0 aliphatic carbocycles. The minimum absolute atomic E-state index is 0.550. The third-order valence-corrected chi connectivity index (χ3v) is 4.28. The van der Waals surface area contributed by atoms with E-state index in [-0.39, 0.29) is 0 Å². The van der Waals surface area contributed by atoms with Gasteiger partial charge in [-0.15, -0.1) is 11.3 Å². The second-order valence-electron chi connectivity index (χ2n) is 4.55. The van der Waals surface area contributed by atoms with Crippen LogP contribution in [0.4, 0.5) is 0 Å². The van der Waals surface area contributed by atoms with Gasteiger partial charge < -0.3 is 15.2 Å². The van der Waals surface area contributed by atoms with E-state index in [2.05, 4.69) is 11.8 Å². The minimum Gasteiger partial charge on any atom is -0.492 e. The van der Waals surface area contributed by atoms with Crippen LogP contribution in [-0.2, 0) is 11.3 Å². The SMILES string of the molecule is CC(CCOc1ccsc1CN)N1CCOCC1. The highest BCUT2D eigenvalue weighted by Crippen LogP contribution is 2.24. The highest BCUT2D eigenvalue weighted by molar-refractivity contribution is 7.10. The van der Waals surface area contributed by atoms with Gasteiger partial charge in [0.15, 0.2) is 0 Å². The molecule has 18 heavy (non-hydrogen) atoms. The van der Waals surface area contributed by atoms with Gasteiger partial charge in [-0.3, -0.25) is 4.90 Å². The van der Waals surface area contributed by atoms with E-state index in [0.717, 1.165) is 50.0 Å². The van der Waals surface area contributed by atoms with Crippen molar-refractivity contribution in [1.29, 1.82) is 0 Å². The number of thiophene rings is 1. The number of hydrogen-bond acceptors (Lipinski definition) is 5. The number of hydrogen-bond donors (Lipinski definition) is 1. The zero-order valence-corrected chi connectivity index (χ0v) is 11.7. The molecule has 1 aromatic rings. The summed E-state index contributed by atoms with van der Waals surface area (Å²) in [7, 11) is 0. The van der Waals surface area contributed by atoms with Gasteiger partial charge in [0.25, 0.3) is 0 Å². The third-order valence-electron chi connectivity index (χ3n) is 3.35. The molecule has 0 radical (unpaired) electrons. The standard InChI is InChI=1S/C13H22N2O2S/c1-11(15-4-7-16-8-5-15)2-6-17-12-3-9-18-13(12)10-14/h3,9,11H,2,4-8,10,14H2,1H3. The first-order chi connectivity index (χ1) is 8.81. The Morgan fingerprint density at radius 3 is 3.00 bits per heavy atom. The molecule has 0 spiro atoms. The van der Waals surface area contributed by atoms with Gasteiger partial charge in [-0.05, 0) is 24.8 Å². The van der Waals surface area contributed by atoms with Crippen molar-refractivity contribution in [3.05, 3.63) is 16.3 Å². The van der Waals surface area contributed by atoms with Crippen LogP contribution in [0.3, 0.4) is 0 Å². The van der Waals surface area contributed by atoms with Crippen molar-refractivity contribution in [2.75, 3.05) is 32.9 Å². The van der Waals surface area contributed by atoms with Crippen molar-refractivity contribution in [1.82, 2.24) is 4.90 Å². The monoisotopic (exact) mass is 270 g/mol. The van der Waals surface area contributed by atoms with Crippen molar-refractivity contribution in [3.63, 3.8) is 0 Å². The van der Waals surface area contributed by atoms with Gasteiger partial charge in [-0.2, -0.15) is 0 Å². The topological polar surface area (TPSA) is 47.7 Å². The maximum absolute atomic E-state index is 5.80. The normalized spacial score (nSPS) is 18.8. The summed E-state index contributed by atoms with van der Waals surface area (Å²) in [6.45, 7) is 7.35. The molecule has 0 amide bonds. The van der Waals surface area contributed by atoms with Gasteiger partial charge in [0, 0.05) is 25.7 Å². The van der Waals surface area contributed by atoms with Crippen LogP contribution in [0.5, 0.6) is 5.75 Å². The fourth-order valence-corrected chi connectivity index (χ4v) is 2.84. The van der Waals surface area contributed by atoms with Crippen LogP contribution in [0, 0.1) is 0 Å². The molecule has 1 fully saturated rings. The van der Waals surface area contributed by atoms with Crippen LogP contribution in [0.15, 0.2) is 11.4 Å². The van der Waals surface area contributed by atoms with E-state index in [1.807, 2.05) is 11.4 Å². The first kappa shape index (κ1) is 13.8. The Morgan fingerprint density at radius 2 is 2.28 bits per heavy atom. The summed E-state index contributed by atoms with van der Waals surface area (Å²) in [5, 5.41) is 2.03. The molecule has 0 saturated carbocycles. The van der Waals surface area contributed by atoms with Crippen molar-refractivity contribution in [2.24, 2.45) is 5.73 Å². The first-order valence-corrected chi connectivity index (χ1v) is 7.40. The van der Waals surface area contributed by atoms with Gasteiger partial charge in [-0.1, -0.05) is 0 Å². The van der Waals surface area contributed by atoms with Gasteiger partial charge in [-0.25, -0.2) is 0 Å². The van der Waals surface area contributed by atoms with Crippen molar-refractivity contribution in [3.8, 4) is 5.75 Å². The quantitative estimate of drug-likeness (QED) is 0.854. The zero-order chi connectivity index (χ0) is 12.8. The number of rotatable bonds is 6. The Balaban J connectivity index is 1.71. The summed E-state index contributed by atoms with van der Waals surface area (Å²) in [6, 6.07) is 2.56. The van der Waals surface area contributed by atoms with Crippen LogP contribution in [-0.4, -0.2) is 43.9 Å². The van der Waals surface area contributed by atoms with Crippen molar-refractivity contribution in [2.45, 2.75) is 25.9 Å². The van der Waals surface area contributed by atoms with E-state index in [9.17, 15) is 0 Å². The fraction of sp³-hybridized carbons (Fsp3) is 0.692. The molecule has 1 aliphatic rings. The maximum Gasteiger partial charge on any atom is 0.134 e. The molecule has 1 aromatic heterocycles. The van der Waals surface area contributed by atoms with E-state index in [1.165, 1.54) is 0 Å². The molecule has 2 rings (SSSR count). The van der Waals surface area contributed by atoms with E-state index in [4.69, 9.17) is 15.2 Å². The summed E-state index contributed by atoms with van der Waals surface area (Å²) >= 11 is 1.66. The Labute approximate surface area is 113 Å². The lowest BCUT2D eigenvalue weighted by atomic mass is 10.2. The molecule has 1 saturated heterocycles. The van der Waals surface area contributed by atoms with Crippen LogP contribution in [0.25, 0.3) is 0 Å². The van der Waals surface area contributed by atoms with Gasteiger partial charge in [0.2, 0.25) is 0 Å². The Kier molecular flexibility index (Phi) is 5.44. The van der Waals surface area contributed by atoms with Crippen molar-refractivity contribution >= 4 is 11.3 Å². The molecule has 1 atom stereocenters. The second kappa shape index (κ2) is 7.09. The Hall–Kier alpha value is -0.620. The lowest BCUT2D eigenvalue weighted by molar-refractivity contribution is 0.0161. The summed E-state index contributed by atoms with van der Waals surface area (Å²) in [6.07, 6.45) is 1.04. The van der Waals surface area contributed by atoms with E-state index in [0.29, 0.717) is 12.6 Å². The third kappa shape index (κ3) is 3.68. The number of ether oxygens (including phenoxy) is 2. The fourth-order valence-electron chi connectivity index (χ4n) is 2.15. The lowest BCUT2D eigenvalue weighted by Gasteiger charge is -2.32. The van der Waals surface area contributed by atoms with Gasteiger partial charge in [0.05, 0.1) is 24.7 Å². The number of morpholine rings is 1. The molecule has 2 N–H and O–H groups in total. The predicted octanol–water partition coefficient (Wildman–Crippen LogP) is 1.70. The molecule has 102 valence electrons. The van der Waals surface area contributed by atoms with Crippen LogP contribution in [0.1, 0.15) is 18.2 Å². The molecular weight excluding hydrogens is 248 g/mol. The van der Waals surface area contributed by atoms with E-state index < -0.39 is 0 Å². The molecule has 0 bridgehead atoms. The Bertz CT molecular complexity index is 351. The largest absolute Gasteiger partial charge is 0.492 e. The highest BCUT2D eigenvalue weighted by Gasteiger charge is 2.16. The van der Waals surface area contributed by atoms with Crippen LogP contribution in [0.2, 0.25) is 0 Å². The van der Waals surface area contributed by atoms with Crippen LogP contribution < -0.4 is 10.5 Å². The van der Waals surface area contributed by atoms with Gasteiger partial charge in [0.1, 0.15) is 5.75 Å². The maximum atomic E-state index is 5.80. The van der Waals surface area contributed by atoms with Crippen molar-refractivity contribution < 1.29 is 9.47 Å². The van der Waals surface area contributed by atoms with E-state index >= 15 is 0 Å².